The Balaban J connectivity index is 2.39. The summed E-state index contributed by atoms with van der Waals surface area (Å²) in [7, 11) is 0. The number of fused-ring (bicyclic) bond motifs is 1. The Bertz CT molecular complexity index is 665. The molecule has 1 unspecified atom stereocenters. The van der Waals surface area contributed by atoms with E-state index in [0.717, 1.165) is 11.9 Å². The number of nitrogens with one attached hydrogen (secondary N) is 1. The Morgan fingerprint density at radius 1 is 1.43 bits per heavy atom. The number of carbonyl (C=O) groups excluding carboxylic acids is 1. The second-order valence-electron chi connectivity index (χ2n) is 4.66. The van der Waals surface area contributed by atoms with Gasteiger partial charge in [0.2, 0.25) is 0 Å². The largest absolute Gasteiger partial charge is 0.493 e. The molecule has 1 aromatic carbocycles. The smallest absolute Gasteiger partial charge is 0.304 e. The minimum atomic E-state index is -1.02. The van der Waals surface area contributed by atoms with Crippen LogP contribution in [0.5, 0.6) is 5.75 Å². The molecule has 0 aliphatic rings. The summed E-state index contributed by atoms with van der Waals surface area (Å²) in [5.74, 6) is -0.655. The van der Waals surface area contributed by atoms with Crippen LogP contribution in [-0.4, -0.2) is 33.3 Å². The molecule has 2 aromatic rings. The highest BCUT2D eigenvalue weighted by molar-refractivity contribution is 9.10. The summed E-state index contributed by atoms with van der Waals surface area (Å²) in [4.78, 5) is 25.4. The van der Waals surface area contributed by atoms with E-state index in [0.29, 0.717) is 23.3 Å². The van der Waals surface area contributed by atoms with Crippen LogP contribution < -0.4 is 4.74 Å². The molecule has 0 fully saturated rings. The number of H-pyrrole nitrogens is 1. The van der Waals surface area contributed by atoms with Crippen molar-refractivity contribution in [3.63, 3.8) is 0 Å². The lowest BCUT2D eigenvalue weighted by atomic mass is 10.0. The van der Waals surface area contributed by atoms with Crippen molar-refractivity contribution in [2.24, 2.45) is 0 Å². The summed E-state index contributed by atoms with van der Waals surface area (Å²) in [6.07, 6.45) is 2.20. The van der Waals surface area contributed by atoms with Gasteiger partial charge in [0.1, 0.15) is 5.75 Å². The van der Waals surface area contributed by atoms with Crippen LogP contribution in [0.4, 0.5) is 0 Å². The number of carbonyl (C=O) groups is 2. The summed E-state index contributed by atoms with van der Waals surface area (Å²) >= 11 is 3.14. The molecule has 5 nitrogen and oxygen atoms in total. The van der Waals surface area contributed by atoms with E-state index in [1.165, 1.54) is 0 Å². The van der Waals surface area contributed by atoms with E-state index in [2.05, 4.69) is 20.9 Å². The number of rotatable bonds is 7. The molecule has 0 saturated heterocycles. The minimum absolute atomic E-state index is 0.260. The first-order valence-electron chi connectivity index (χ1n) is 6.67. The zero-order chi connectivity index (χ0) is 15.4. The maximum absolute atomic E-state index is 12.4. The molecule has 0 amide bonds. The van der Waals surface area contributed by atoms with Crippen molar-refractivity contribution in [3.05, 3.63) is 30.0 Å². The van der Waals surface area contributed by atoms with E-state index in [-0.39, 0.29) is 12.2 Å². The van der Waals surface area contributed by atoms with Crippen molar-refractivity contribution >= 4 is 38.6 Å². The normalized spacial score (nSPS) is 12.3. The predicted molar refractivity (Wildman–Crippen MR) is 83.4 cm³/mol. The first-order chi connectivity index (χ1) is 10.0. The second-order valence-corrected chi connectivity index (χ2v) is 5.76. The van der Waals surface area contributed by atoms with Crippen LogP contribution >= 0.6 is 15.9 Å². The van der Waals surface area contributed by atoms with E-state index in [1.807, 2.05) is 25.1 Å². The van der Waals surface area contributed by atoms with Crippen LogP contribution in [0.1, 0.15) is 30.1 Å². The van der Waals surface area contributed by atoms with Gasteiger partial charge >= 0.3 is 5.97 Å². The number of aliphatic carboxylic acids is 1. The highest BCUT2D eigenvalue weighted by Gasteiger charge is 2.24. The van der Waals surface area contributed by atoms with Gasteiger partial charge in [0.15, 0.2) is 5.78 Å². The van der Waals surface area contributed by atoms with Crippen LogP contribution in [0.2, 0.25) is 0 Å². The quantitative estimate of drug-likeness (QED) is 0.590. The van der Waals surface area contributed by atoms with Crippen LogP contribution in [0.15, 0.2) is 24.4 Å². The highest BCUT2D eigenvalue weighted by atomic mass is 79.9. The van der Waals surface area contributed by atoms with Crippen LogP contribution in [0.25, 0.3) is 10.9 Å². The van der Waals surface area contributed by atoms with Gasteiger partial charge in [0.25, 0.3) is 0 Å². The number of hydrogen-bond acceptors (Lipinski definition) is 3. The molecule has 0 spiro atoms. The number of alkyl halides is 1. The molecule has 21 heavy (non-hydrogen) atoms. The van der Waals surface area contributed by atoms with Gasteiger partial charge in [0.05, 0.1) is 23.2 Å². The molecular weight excluding hydrogens is 338 g/mol. The van der Waals surface area contributed by atoms with Gasteiger partial charge in [-0.15, -0.1) is 0 Å². The fourth-order valence-electron chi connectivity index (χ4n) is 2.09. The Kier molecular flexibility index (Phi) is 5.01. The van der Waals surface area contributed by atoms with Gasteiger partial charge in [-0.05, 0) is 18.6 Å². The summed E-state index contributed by atoms with van der Waals surface area (Å²) < 4.78 is 5.67. The van der Waals surface area contributed by atoms with Crippen molar-refractivity contribution < 1.29 is 19.4 Å². The van der Waals surface area contributed by atoms with E-state index >= 15 is 0 Å². The number of benzene rings is 1. The molecular formula is C15H16BrNO4. The van der Waals surface area contributed by atoms with E-state index in [1.54, 1.807) is 6.20 Å². The van der Waals surface area contributed by atoms with Crippen LogP contribution in [0, 0.1) is 0 Å². The molecule has 1 aromatic heterocycles. The van der Waals surface area contributed by atoms with Gasteiger partial charge < -0.3 is 14.8 Å². The lowest BCUT2D eigenvalue weighted by molar-refractivity contribution is -0.136. The summed E-state index contributed by atoms with van der Waals surface area (Å²) in [6.45, 7) is 2.56. The van der Waals surface area contributed by atoms with E-state index in [9.17, 15) is 9.59 Å². The molecule has 1 heterocycles. The molecule has 0 bridgehead atoms. The van der Waals surface area contributed by atoms with Crippen molar-refractivity contribution in [1.82, 2.24) is 4.98 Å². The van der Waals surface area contributed by atoms with Crippen molar-refractivity contribution in [3.8, 4) is 5.75 Å². The maximum atomic E-state index is 12.4. The average molecular weight is 354 g/mol. The van der Waals surface area contributed by atoms with E-state index in [4.69, 9.17) is 9.84 Å². The number of aromatic nitrogens is 1. The fourth-order valence-corrected chi connectivity index (χ4v) is 2.62. The third-order valence-corrected chi connectivity index (χ3v) is 3.77. The Labute approximate surface area is 130 Å². The number of aromatic amines is 1. The van der Waals surface area contributed by atoms with Crippen LogP contribution in [0.3, 0.4) is 0 Å². The molecule has 2 rings (SSSR count). The second kappa shape index (κ2) is 6.76. The number of carboxylic acids is 1. The molecule has 1 atom stereocenters. The van der Waals surface area contributed by atoms with Crippen molar-refractivity contribution in [1.29, 1.82) is 0 Å². The molecule has 6 heteroatoms. The predicted octanol–water partition coefficient (Wildman–Crippen LogP) is 3.38. The third kappa shape index (κ3) is 3.44. The minimum Gasteiger partial charge on any atom is -0.493 e. The lowest BCUT2D eigenvalue weighted by Crippen LogP contribution is -2.18. The van der Waals surface area contributed by atoms with Crippen LogP contribution in [-0.2, 0) is 4.79 Å². The van der Waals surface area contributed by atoms with Gasteiger partial charge in [-0.1, -0.05) is 28.9 Å². The standard InChI is InChI=1S/C15H16BrNO4/c1-2-6-21-12-5-3-4-11-14(12)9(8-17-11)15(20)10(16)7-13(18)19/h3-5,8,10,17H,2,6-7H2,1H3,(H,18,19). The zero-order valence-electron chi connectivity index (χ0n) is 11.6. The highest BCUT2D eigenvalue weighted by Crippen LogP contribution is 2.31. The maximum Gasteiger partial charge on any atom is 0.304 e. The van der Waals surface area contributed by atoms with Crippen molar-refractivity contribution in [2.45, 2.75) is 24.6 Å². The number of carboxylic acid groups (broad SMARTS) is 1. The number of Topliss-reactive ketones (excluding diaryl/α,β-unsaturated/α-hetero) is 1. The molecule has 0 aliphatic heterocycles. The van der Waals surface area contributed by atoms with Gasteiger partial charge in [-0.25, -0.2) is 0 Å². The number of hydrogen-bond donors (Lipinski definition) is 2. The summed E-state index contributed by atoms with van der Waals surface area (Å²) in [6, 6.07) is 5.51. The number of ketones is 1. The molecule has 2 N–H and O–H groups in total. The monoisotopic (exact) mass is 353 g/mol. The molecule has 0 radical (unpaired) electrons. The Hall–Kier alpha value is -1.82. The molecule has 0 saturated carbocycles. The zero-order valence-corrected chi connectivity index (χ0v) is 13.1. The number of ether oxygens (including phenoxy) is 1. The topological polar surface area (TPSA) is 79.4 Å². The van der Waals surface area contributed by atoms with Gasteiger partial charge in [0, 0.05) is 17.3 Å². The Morgan fingerprint density at radius 3 is 2.86 bits per heavy atom. The van der Waals surface area contributed by atoms with E-state index < -0.39 is 10.8 Å². The Morgan fingerprint density at radius 2 is 2.19 bits per heavy atom. The van der Waals surface area contributed by atoms with Gasteiger partial charge in [-0.2, -0.15) is 0 Å². The lowest BCUT2D eigenvalue weighted by Gasteiger charge is -2.09. The van der Waals surface area contributed by atoms with Gasteiger partial charge in [-0.3, -0.25) is 9.59 Å². The third-order valence-electron chi connectivity index (χ3n) is 3.03. The fraction of sp³-hybridized carbons (Fsp3) is 0.333. The molecule has 0 aliphatic carbocycles. The molecule has 112 valence electrons. The SMILES string of the molecule is CCCOc1cccc2[nH]cc(C(=O)C(Br)CC(=O)O)c12. The average Bonchev–Trinajstić information content (AvgIpc) is 2.88. The number of halogens is 1. The summed E-state index contributed by atoms with van der Waals surface area (Å²) in [5.41, 5.74) is 1.24. The van der Waals surface area contributed by atoms with Crippen molar-refractivity contribution in [2.75, 3.05) is 6.61 Å². The summed E-state index contributed by atoms with van der Waals surface area (Å²) in [5, 5.41) is 9.50. The first kappa shape index (κ1) is 15.6. The first-order valence-corrected chi connectivity index (χ1v) is 7.59.